The lowest BCUT2D eigenvalue weighted by molar-refractivity contribution is -0.192. The van der Waals surface area contributed by atoms with Gasteiger partial charge in [-0.25, -0.2) is 4.79 Å². The van der Waals surface area contributed by atoms with E-state index in [1.807, 2.05) is 0 Å². The molecule has 2 aliphatic rings. The number of esters is 1. The van der Waals surface area contributed by atoms with E-state index in [4.69, 9.17) is 13.9 Å². The number of nitrogens with zero attached hydrogens (tertiary/aromatic N) is 1. The molecule has 0 aromatic carbocycles. The Morgan fingerprint density at radius 1 is 1.46 bits per heavy atom. The monoisotopic (exact) mass is 410 g/mol. The molecule has 3 rings (SSSR count). The normalized spacial score (nSPS) is 23.7. The summed E-state index contributed by atoms with van der Waals surface area (Å²) in [5.74, 6) is -2.49. The number of amides is 2. The van der Waals surface area contributed by atoms with Gasteiger partial charge in [-0.1, -0.05) is 0 Å². The molecule has 2 atom stereocenters. The Hall–Kier alpha value is -2.79. The molecule has 0 radical (unpaired) electrons. The first-order valence-corrected chi connectivity index (χ1v) is 9.27. The molecule has 0 spiro atoms. The van der Waals surface area contributed by atoms with E-state index in [-0.39, 0.29) is 24.5 Å². The second-order valence-corrected chi connectivity index (χ2v) is 7.19. The second-order valence-electron chi connectivity index (χ2n) is 6.12. The molecular weight excluding hydrogens is 392 g/mol. The van der Waals surface area contributed by atoms with E-state index >= 15 is 0 Å². The van der Waals surface area contributed by atoms with Crippen molar-refractivity contribution in [3.63, 3.8) is 0 Å². The third-order valence-corrected chi connectivity index (χ3v) is 5.70. The van der Waals surface area contributed by atoms with Crippen molar-refractivity contribution in [3.05, 3.63) is 35.4 Å². The van der Waals surface area contributed by atoms with Crippen LogP contribution in [0.25, 0.3) is 0 Å². The lowest BCUT2D eigenvalue weighted by Gasteiger charge is -2.55. The number of nitrogens with one attached hydrogen (secondary N) is 1. The highest BCUT2D eigenvalue weighted by Crippen LogP contribution is 2.46. The number of carboxylic acid groups (broad SMARTS) is 1. The molecule has 1 unspecified atom stereocenters. The fraction of sp³-hybridized carbons (Fsp3) is 0.412. The fourth-order valence-corrected chi connectivity index (χ4v) is 4.49. The third-order valence-electron chi connectivity index (χ3n) is 4.32. The molecule has 3 heterocycles. The molecule has 1 aromatic heterocycles. The van der Waals surface area contributed by atoms with Crippen LogP contribution in [0.2, 0.25) is 0 Å². The van der Waals surface area contributed by atoms with Crippen LogP contribution in [0.4, 0.5) is 0 Å². The zero-order valence-electron chi connectivity index (χ0n) is 15.1. The van der Waals surface area contributed by atoms with Gasteiger partial charge >= 0.3 is 11.9 Å². The number of furan rings is 1. The maximum absolute atomic E-state index is 12.8. The fourth-order valence-electron chi connectivity index (χ4n) is 3.07. The van der Waals surface area contributed by atoms with Crippen LogP contribution >= 0.6 is 11.8 Å². The predicted molar refractivity (Wildman–Crippen MR) is 94.7 cm³/mol. The summed E-state index contributed by atoms with van der Waals surface area (Å²) in [5, 5.41) is 11.4. The lowest BCUT2D eigenvalue weighted by atomic mass is 9.98. The van der Waals surface area contributed by atoms with Gasteiger partial charge in [0, 0.05) is 25.4 Å². The van der Waals surface area contributed by atoms with Gasteiger partial charge in [-0.3, -0.25) is 19.3 Å². The number of carbonyl (C=O) groups is 4. The predicted octanol–water partition coefficient (Wildman–Crippen LogP) is 0.0979. The van der Waals surface area contributed by atoms with Gasteiger partial charge in [0.2, 0.25) is 5.91 Å². The number of carboxylic acids is 1. The molecule has 2 aliphatic heterocycles. The van der Waals surface area contributed by atoms with E-state index in [1.165, 1.54) is 32.1 Å². The number of hydrogen-bond donors (Lipinski definition) is 2. The molecule has 11 heteroatoms. The largest absolute Gasteiger partial charge is 0.477 e. The molecule has 2 N–H and O–H groups in total. The Morgan fingerprint density at radius 3 is 2.79 bits per heavy atom. The zero-order valence-corrected chi connectivity index (χ0v) is 15.9. The maximum atomic E-state index is 12.8. The van der Waals surface area contributed by atoms with Crippen LogP contribution in [0.15, 0.2) is 34.1 Å². The van der Waals surface area contributed by atoms with Gasteiger partial charge in [-0.15, -0.1) is 11.8 Å². The van der Waals surface area contributed by atoms with Crippen molar-refractivity contribution in [2.75, 3.05) is 19.5 Å². The number of ether oxygens (including phenoxy) is 2. The number of methoxy groups -OCH3 is 1. The van der Waals surface area contributed by atoms with Gasteiger partial charge in [0.05, 0.1) is 12.7 Å². The van der Waals surface area contributed by atoms with Gasteiger partial charge in [0.25, 0.3) is 11.6 Å². The summed E-state index contributed by atoms with van der Waals surface area (Å²) in [4.78, 5) is 49.0. The lowest BCUT2D eigenvalue weighted by Crippen LogP contribution is -2.80. The molecule has 10 nitrogen and oxygen atoms in total. The Bertz CT molecular complexity index is 849. The van der Waals surface area contributed by atoms with Crippen LogP contribution < -0.4 is 5.32 Å². The Labute approximate surface area is 163 Å². The molecule has 0 aliphatic carbocycles. The highest BCUT2D eigenvalue weighted by atomic mass is 32.2. The van der Waals surface area contributed by atoms with E-state index in [0.717, 1.165) is 4.90 Å². The average Bonchev–Trinajstić information content (AvgIpc) is 3.15. The third kappa shape index (κ3) is 3.38. The first-order chi connectivity index (χ1) is 13.3. The molecule has 28 heavy (non-hydrogen) atoms. The summed E-state index contributed by atoms with van der Waals surface area (Å²) >= 11 is 1.21. The highest BCUT2D eigenvalue weighted by molar-refractivity contribution is 8.00. The molecule has 1 fully saturated rings. The summed E-state index contributed by atoms with van der Waals surface area (Å²) in [7, 11) is 1.27. The van der Waals surface area contributed by atoms with Gasteiger partial charge in [-0.2, -0.15) is 0 Å². The van der Waals surface area contributed by atoms with Crippen LogP contribution in [-0.4, -0.2) is 64.3 Å². The average molecular weight is 410 g/mol. The number of thioether (sulfide) groups is 1. The number of β-lactam (4-membered cyclic amide) rings is 1. The molecule has 1 aromatic rings. The van der Waals surface area contributed by atoms with Crippen LogP contribution in [0, 0.1) is 0 Å². The maximum Gasteiger partial charge on any atom is 0.352 e. The summed E-state index contributed by atoms with van der Waals surface area (Å²) in [5.41, 5.74) is -1.64. The summed E-state index contributed by atoms with van der Waals surface area (Å²) in [6, 6.07) is 3.26. The minimum atomic E-state index is -1.68. The van der Waals surface area contributed by atoms with Crippen molar-refractivity contribution < 1.29 is 38.2 Å². The molecule has 0 bridgehead atoms. The second kappa shape index (κ2) is 7.68. The number of hydrogen-bond acceptors (Lipinski definition) is 8. The molecule has 150 valence electrons. The van der Waals surface area contributed by atoms with E-state index in [1.54, 1.807) is 12.1 Å². The van der Waals surface area contributed by atoms with E-state index in [9.17, 15) is 24.3 Å². The van der Waals surface area contributed by atoms with E-state index in [2.05, 4.69) is 5.32 Å². The van der Waals surface area contributed by atoms with Crippen molar-refractivity contribution in [1.29, 1.82) is 0 Å². The van der Waals surface area contributed by atoms with Crippen molar-refractivity contribution in [1.82, 2.24) is 10.2 Å². The number of aliphatic carboxylic acids is 1. The molecule has 2 amide bonds. The van der Waals surface area contributed by atoms with Crippen molar-refractivity contribution >= 4 is 35.5 Å². The summed E-state index contributed by atoms with van der Waals surface area (Å²) in [6.45, 7) is 0.977. The Balaban J connectivity index is 1.81. The van der Waals surface area contributed by atoms with Crippen LogP contribution in [0.3, 0.4) is 0 Å². The zero-order chi connectivity index (χ0) is 20.5. The van der Waals surface area contributed by atoms with E-state index < -0.39 is 34.9 Å². The van der Waals surface area contributed by atoms with E-state index in [0.29, 0.717) is 11.3 Å². The first kappa shape index (κ1) is 20.0. The Morgan fingerprint density at radius 2 is 2.21 bits per heavy atom. The van der Waals surface area contributed by atoms with Crippen molar-refractivity contribution in [2.45, 2.75) is 24.4 Å². The summed E-state index contributed by atoms with van der Waals surface area (Å²) in [6.07, 6.45) is 1.33. The van der Waals surface area contributed by atoms with Gasteiger partial charge < -0.3 is 24.3 Å². The van der Waals surface area contributed by atoms with Gasteiger partial charge in [-0.05, 0) is 12.1 Å². The number of carbonyl (C=O) groups excluding carboxylic acids is 3. The topological polar surface area (TPSA) is 135 Å². The summed E-state index contributed by atoms with van der Waals surface area (Å²) < 4.78 is 15.3. The molecular formula is C17H18N2O8S. The van der Waals surface area contributed by atoms with Crippen molar-refractivity contribution in [3.8, 4) is 0 Å². The number of fused-ring (bicyclic) bond motifs is 1. The number of rotatable bonds is 7. The van der Waals surface area contributed by atoms with Crippen molar-refractivity contribution in [2.24, 2.45) is 0 Å². The van der Waals surface area contributed by atoms with Gasteiger partial charge in [0.1, 0.15) is 23.4 Å². The standard InChI is InChI=1S/C17H18N2O8S/c1-9(20)27-7-10-8-28-16-17(25-2,15(24)19(16)13(10)14(22)23)18-12(21)6-11-4-3-5-26-11/h3-5,16H,6-8H2,1-2H3,(H,18,21)(H,22,23)/t16-,17?/m1/s1. The van der Waals surface area contributed by atoms with Crippen LogP contribution in [0.1, 0.15) is 12.7 Å². The Kier molecular flexibility index (Phi) is 5.47. The highest BCUT2D eigenvalue weighted by Gasteiger charge is 2.66. The SMILES string of the molecule is COC1(NC(=O)Cc2ccco2)C(=O)N2C(C(=O)O)=C(COC(C)=O)CS[C@@H]21. The smallest absolute Gasteiger partial charge is 0.352 e. The quantitative estimate of drug-likeness (QED) is 0.364. The van der Waals surface area contributed by atoms with Crippen LogP contribution in [0.5, 0.6) is 0 Å². The molecule has 1 saturated heterocycles. The first-order valence-electron chi connectivity index (χ1n) is 8.22. The van der Waals surface area contributed by atoms with Crippen LogP contribution in [-0.2, 0) is 35.1 Å². The minimum Gasteiger partial charge on any atom is -0.477 e. The minimum absolute atomic E-state index is 0.0951. The molecule has 0 saturated carbocycles. The van der Waals surface area contributed by atoms with Gasteiger partial charge in [0.15, 0.2) is 0 Å².